The van der Waals surface area contributed by atoms with Gasteiger partial charge in [-0.3, -0.25) is 9.10 Å². The minimum atomic E-state index is -4.17. The summed E-state index contributed by atoms with van der Waals surface area (Å²) in [6, 6.07) is 15.7. The Balaban J connectivity index is 2.01. The summed E-state index contributed by atoms with van der Waals surface area (Å²) >= 11 is 6.04. The standard InChI is InChI=1S/C24H25ClN2O6S/c1-16-5-6-17(25)13-21(16)26-24(28)15-27(18-7-9-19(31-2)10-8-18)34(29,30)20-11-12-22(32-3)23(14-20)33-4/h5-14H,15H2,1-4H3,(H,26,28). The fraction of sp³-hybridized carbons (Fsp3) is 0.208. The van der Waals surface area contributed by atoms with Gasteiger partial charge in [0.15, 0.2) is 11.5 Å². The second-order valence-corrected chi connectivity index (χ2v) is 9.53. The molecule has 0 bridgehead atoms. The number of hydrogen-bond acceptors (Lipinski definition) is 6. The van der Waals surface area contributed by atoms with Crippen molar-refractivity contribution in [2.75, 3.05) is 37.5 Å². The first-order chi connectivity index (χ1) is 16.2. The lowest BCUT2D eigenvalue weighted by molar-refractivity contribution is -0.114. The van der Waals surface area contributed by atoms with E-state index in [1.165, 1.54) is 39.5 Å². The van der Waals surface area contributed by atoms with Gasteiger partial charge in [-0.05, 0) is 61.0 Å². The van der Waals surface area contributed by atoms with Crippen LogP contribution >= 0.6 is 11.6 Å². The van der Waals surface area contributed by atoms with E-state index in [0.29, 0.717) is 22.2 Å². The van der Waals surface area contributed by atoms with Crippen molar-refractivity contribution in [3.8, 4) is 17.2 Å². The number of methoxy groups -OCH3 is 3. The molecule has 3 rings (SSSR count). The molecule has 0 radical (unpaired) electrons. The minimum absolute atomic E-state index is 0.0623. The van der Waals surface area contributed by atoms with Crippen LogP contribution in [0.1, 0.15) is 5.56 Å². The lowest BCUT2D eigenvalue weighted by Gasteiger charge is -2.25. The zero-order chi connectivity index (χ0) is 24.9. The van der Waals surface area contributed by atoms with Gasteiger partial charge >= 0.3 is 0 Å². The molecule has 1 N–H and O–H groups in total. The second kappa shape index (κ2) is 10.7. The van der Waals surface area contributed by atoms with E-state index < -0.39 is 22.5 Å². The Kier molecular flexibility index (Phi) is 7.90. The van der Waals surface area contributed by atoms with E-state index in [1.807, 2.05) is 6.92 Å². The molecule has 0 saturated heterocycles. The highest BCUT2D eigenvalue weighted by atomic mass is 35.5. The van der Waals surface area contributed by atoms with Gasteiger partial charge in [-0.25, -0.2) is 8.42 Å². The third kappa shape index (κ3) is 5.55. The van der Waals surface area contributed by atoms with Gasteiger partial charge in [0.25, 0.3) is 10.0 Å². The number of hydrogen-bond donors (Lipinski definition) is 1. The third-order valence-electron chi connectivity index (χ3n) is 5.06. The van der Waals surface area contributed by atoms with Crippen LogP contribution in [-0.2, 0) is 14.8 Å². The fourth-order valence-electron chi connectivity index (χ4n) is 3.22. The summed E-state index contributed by atoms with van der Waals surface area (Å²) in [6.45, 7) is 1.34. The number of nitrogens with one attached hydrogen (secondary N) is 1. The topological polar surface area (TPSA) is 94.2 Å². The van der Waals surface area contributed by atoms with Crippen molar-refractivity contribution < 1.29 is 27.4 Å². The highest BCUT2D eigenvalue weighted by Gasteiger charge is 2.28. The predicted molar refractivity (Wildman–Crippen MR) is 132 cm³/mol. The highest BCUT2D eigenvalue weighted by molar-refractivity contribution is 7.92. The van der Waals surface area contributed by atoms with Crippen LogP contribution in [0, 0.1) is 6.92 Å². The first kappa shape index (κ1) is 25.2. The maximum Gasteiger partial charge on any atom is 0.264 e. The number of aryl methyl sites for hydroxylation is 1. The molecule has 0 unspecified atom stereocenters. The first-order valence-electron chi connectivity index (χ1n) is 10.1. The number of amides is 1. The SMILES string of the molecule is COc1ccc(N(CC(=O)Nc2cc(Cl)ccc2C)S(=O)(=O)c2ccc(OC)c(OC)c2)cc1. The molecule has 1 amide bonds. The summed E-state index contributed by atoms with van der Waals surface area (Å²) < 4.78 is 44.0. The average molecular weight is 505 g/mol. The van der Waals surface area contributed by atoms with Gasteiger partial charge in [0.2, 0.25) is 5.91 Å². The number of rotatable bonds is 9. The Bertz CT molecular complexity index is 1280. The van der Waals surface area contributed by atoms with E-state index in [-0.39, 0.29) is 16.3 Å². The number of carbonyl (C=O) groups excluding carboxylic acids is 1. The largest absolute Gasteiger partial charge is 0.497 e. The molecule has 0 aliphatic carbocycles. The van der Waals surface area contributed by atoms with Gasteiger partial charge < -0.3 is 19.5 Å². The maximum absolute atomic E-state index is 13.7. The minimum Gasteiger partial charge on any atom is -0.497 e. The molecule has 8 nitrogen and oxygen atoms in total. The van der Waals surface area contributed by atoms with Crippen molar-refractivity contribution in [2.45, 2.75) is 11.8 Å². The summed E-state index contributed by atoms with van der Waals surface area (Å²) in [5.74, 6) is 0.639. The van der Waals surface area contributed by atoms with Crippen LogP contribution in [0.5, 0.6) is 17.2 Å². The van der Waals surface area contributed by atoms with Gasteiger partial charge in [-0.1, -0.05) is 17.7 Å². The number of benzene rings is 3. The summed E-state index contributed by atoms with van der Waals surface area (Å²) in [7, 11) is 0.210. The lowest BCUT2D eigenvalue weighted by atomic mass is 10.2. The molecular formula is C24H25ClN2O6S. The number of nitrogens with zero attached hydrogens (tertiary/aromatic N) is 1. The number of carbonyl (C=O) groups is 1. The molecular weight excluding hydrogens is 480 g/mol. The summed E-state index contributed by atoms with van der Waals surface area (Å²) in [6.07, 6.45) is 0. The quantitative estimate of drug-likeness (QED) is 0.461. The Labute approximate surface area is 204 Å². The summed E-state index contributed by atoms with van der Waals surface area (Å²) in [5, 5.41) is 3.19. The molecule has 34 heavy (non-hydrogen) atoms. The van der Waals surface area contributed by atoms with Crippen LogP contribution in [0.25, 0.3) is 0 Å². The van der Waals surface area contributed by atoms with Gasteiger partial charge in [-0.15, -0.1) is 0 Å². The van der Waals surface area contributed by atoms with E-state index in [4.69, 9.17) is 25.8 Å². The highest BCUT2D eigenvalue weighted by Crippen LogP contribution is 2.32. The molecule has 3 aromatic carbocycles. The molecule has 3 aromatic rings. The second-order valence-electron chi connectivity index (χ2n) is 7.23. The Morgan fingerprint density at radius 2 is 1.59 bits per heavy atom. The van der Waals surface area contributed by atoms with Gasteiger partial charge in [0, 0.05) is 16.8 Å². The van der Waals surface area contributed by atoms with Crippen LogP contribution in [-0.4, -0.2) is 42.2 Å². The van der Waals surface area contributed by atoms with Crippen LogP contribution in [0.15, 0.2) is 65.6 Å². The number of ether oxygens (including phenoxy) is 3. The molecule has 0 aromatic heterocycles. The Morgan fingerprint density at radius 1 is 0.912 bits per heavy atom. The molecule has 0 aliphatic rings. The van der Waals surface area contributed by atoms with Crippen LogP contribution < -0.4 is 23.8 Å². The number of anilines is 2. The smallest absolute Gasteiger partial charge is 0.264 e. The summed E-state index contributed by atoms with van der Waals surface area (Å²) in [5.41, 5.74) is 1.57. The van der Waals surface area contributed by atoms with Crippen molar-refractivity contribution in [3.63, 3.8) is 0 Å². The van der Waals surface area contributed by atoms with E-state index in [9.17, 15) is 13.2 Å². The Morgan fingerprint density at radius 3 is 2.21 bits per heavy atom. The molecule has 0 saturated carbocycles. The third-order valence-corrected chi connectivity index (χ3v) is 7.07. The van der Waals surface area contributed by atoms with Crippen molar-refractivity contribution in [2.24, 2.45) is 0 Å². The van der Waals surface area contributed by atoms with Crippen LogP contribution in [0.2, 0.25) is 5.02 Å². The monoisotopic (exact) mass is 504 g/mol. The Hall–Kier alpha value is -3.43. The lowest BCUT2D eigenvalue weighted by Crippen LogP contribution is -2.38. The molecule has 0 fully saturated rings. The summed E-state index contributed by atoms with van der Waals surface area (Å²) in [4.78, 5) is 12.9. The van der Waals surface area contributed by atoms with Crippen molar-refractivity contribution in [3.05, 3.63) is 71.2 Å². The fourth-order valence-corrected chi connectivity index (χ4v) is 4.83. The normalized spacial score (nSPS) is 11.0. The first-order valence-corrected chi connectivity index (χ1v) is 12.0. The van der Waals surface area contributed by atoms with E-state index in [1.54, 1.807) is 42.5 Å². The van der Waals surface area contributed by atoms with Crippen LogP contribution in [0.4, 0.5) is 11.4 Å². The van der Waals surface area contributed by atoms with Crippen molar-refractivity contribution in [1.29, 1.82) is 0 Å². The molecule has 0 aliphatic heterocycles. The molecule has 180 valence electrons. The van der Waals surface area contributed by atoms with Gasteiger partial charge in [0.05, 0.1) is 31.9 Å². The maximum atomic E-state index is 13.7. The van der Waals surface area contributed by atoms with Crippen LogP contribution in [0.3, 0.4) is 0 Å². The molecule has 10 heteroatoms. The molecule has 0 spiro atoms. The number of halogens is 1. The van der Waals surface area contributed by atoms with Gasteiger partial charge in [-0.2, -0.15) is 0 Å². The van der Waals surface area contributed by atoms with Crippen molar-refractivity contribution in [1.82, 2.24) is 0 Å². The average Bonchev–Trinajstić information content (AvgIpc) is 2.84. The van der Waals surface area contributed by atoms with Gasteiger partial charge in [0.1, 0.15) is 12.3 Å². The van der Waals surface area contributed by atoms with E-state index >= 15 is 0 Å². The predicted octanol–water partition coefficient (Wildman–Crippen LogP) is 4.51. The zero-order valence-corrected chi connectivity index (χ0v) is 20.7. The van der Waals surface area contributed by atoms with E-state index in [0.717, 1.165) is 9.87 Å². The molecule has 0 heterocycles. The van der Waals surface area contributed by atoms with E-state index in [2.05, 4.69) is 5.32 Å². The zero-order valence-electron chi connectivity index (χ0n) is 19.2. The van der Waals surface area contributed by atoms with Crippen molar-refractivity contribution >= 4 is 38.9 Å². The number of sulfonamides is 1. The molecule has 0 atom stereocenters.